The van der Waals surface area contributed by atoms with Crippen molar-refractivity contribution in [3.63, 3.8) is 0 Å². The molecule has 0 aliphatic heterocycles. The highest BCUT2D eigenvalue weighted by atomic mass is 16.1. The molecule has 0 atom stereocenters. The van der Waals surface area contributed by atoms with Crippen molar-refractivity contribution in [2.24, 2.45) is 0 Å². The predicted molar refractivity (Wildman–Crippen MR) is 91.5 cm³/mol. The number of hydrogen-bond acceptors (Lipinski definition) is 3. The van der Waals surface area contributed by atoms with Crippen LogP contribution in [0, 0.1) is 0 Å². The first-order chi connectivity index (χ1) is 10.5. The molecule has 0 amide bonds. The van der Waals surface area contributed by atoms with E-state index in [-0.39, 0.29) is 5.78 Å². The number of nitrogens with one attached hydrogen (secondary N) is 1. The zero-order chi connectivity index (χ0) is 16.1. The van der Waals surface area contributed by atoms with Gasteiger partial charge in [-0.2, -0.15) is 0 Å². The molecule has 4 heteroatoms. The number of hydrogen-bond donors (Lipinski definition) is 1. The number of Topliss-reactive ketones (excluding diaryl/α,β-unsaturated/α-hetero) is 1. The molecule has 1 heterocycles. The van der Waals surface area contributed by atoms with Crippen LogP contribution in [0.3, 0.4) is 0 Å². The summed E-state index contributed by atoms with van der Waals surface area (Å²) in [7, 11) is 0. The largest absolute Gasteiger partial charge is 0.342 e. The Balaban J connectivity index is 2.16. The van der Waals surface area contributed by atoms with Crippen LogP contribution in [0.15, 0.2) is 18.2 Å². The molecule has 1 N–H and O–H groups in total. The minimum Gasteiger partial charge on any atom is -0.342 e. The topological polar surface area (TPSA) is 49.0 Å². The maximum absolute atomic E-state index is 12.5. The van der Waals surface area contributed by atoms with Crippen molar-refractivity contribution in [3.05, 3.63) is 29.6 Å². The number of imidazole rings is 1. The molecular formula is C18H27N3O. The number of carbonyl (C=O) groups excluding carboxylic acids is 1. The van der Waals surface area contributed by atoms with E-state index in [1.165, 1.54) is 0 Å². The Labute approximate surface area is 132 Å². The Morgan fingerprint density at radius 3 is 2.50 bits per heavy atom. The van der Waals surface area contributed by atoms with Crippen LogP contribution in [-0.2, 0) is 0 Å². The van der Waals surface area contributed by atoms with Gasteiger partial charge >= 0.3 is 0 Å². The van der Waals surface area contributed by atoms with Gasteiger partial charge in [0.2, 0.25) is 0 Å². The Morgan fingerprint density at radius 1 is 1.23 bits per heavy atom. The van der Waals surface area contributed by atoms with Crippen molar-refractivity contribution in [2.45, 2.75) is 46.5 Å². The van der Waals surface area contributed by atoms with Gasteiger partial charge in [0, 0.05) is 11.5 Å². The fraction of sp³-hybridized carbons (Fsp3) is 0.556. The monoisotopic (exact) mass is 301 g/mol. The van der Waals surface area contributed by atoms with Crippen LogP contribution in [0.1, 0.15) is 62.6 Å². The zero-order valence-corrected chi connectivity index (χ0v) is 14.1. The summed E-state index contributed by atoms with van der Waals surface area (Å²) in [5.74, 6) is 1.51. The Hall–Kier alpha value is -1.68. The first-order valence-corrected chi connectivity index (χ1v) is 8.30. The second-order valence-electron chi connectivity index (χ2n) is 6.21. The summed E-state index contributed by atoms with van der Waals surface area (Å²) in [5.41, 5.74) is 2.65. The van der Waals surface area contributed by atoms with E-state index in [9.17, 15) is 4.79 Å². The predicted octanol–water partition coefficient (Wildman–Crippen LogP) is 3.99. The van der Waals surface area contributed by atoms with Gasteiger partial charge in [-0.3, -0.25) is 9.69 Å². The van der Waals surface area contributed by atoms with Crippen molar-refractivity contribution < 1.29 is 4.79 Å². The highest BCUT2D eigenvalue weighted by molar-refractivity contribution is 6.00. The molecule has 0 radical (unpaired) electrons. The van der Waals surface area contributed by atoms with E-state index in [0.29, 0.717) is 12.5 Å². The van der Waals surface area contributed by atoms with Gasteiger partial charge in [0.1, 0.15) is 5.82 Å². The summed E-state index contributed by atoms with van der Waals surface area (Å²) < 4.78 is 0. The molecule has 0 saturated carbocycles. The Kier molecular flexibility index (Phi) is 5.72. The number of H-pyrrole nitrogens is 1. The average Bonchev–Trinajstić information content (AvgIpc) is 2.91. The van der Waals surface area contributed by atoms with Crippen LogP contribution in [0.25, 0.3) is 11.0 Å². The zero-order valence-electron chi connectivity index (χ0n) is 14.1. The van der Waals surface area contributed by atoms with Crippen molar-refractivity contribution in [2.75, 3.05) is 19.6 Å². The summed E-state index contributed by atoms with van der Waals surface area (Å²) in [5, 5.41) is 0. The van der Waals surface area contributed by atoms with Crippen molar-refractivity contribution in [1.82, 2.24) is 14.9 Å². The summed E-state index contributed by atoms with van der Waals surface area (Å²) >= 11 is 0. The number of ketones is 1. The molecule has 0 aliphatic carbocycles. The number of benzene rings is 1. The molecule has 2 aromatic rings. The second-order valence-corrected chi connectivity index (χ2v) is 6.21. The van der Waals surface area contributed by atoms with Crippen LogP contribution < -0.4 is 0 Å². The molecule has 1 aromatic heterocycles. The minimum atomic E-state index is 0.185. The van der Waals surface area contributed by atoms with Crippen molar-refractivity contribution in [3.8, 4) is 0 Å². The van der Waals surface area contributed by atoms with Gasteiger partial charge in [0.15, 0.2) is 5.78 Å². The first kappa shape index (κ1) is 16.7. The van der Waals surface area contributed by atoms with Crippen LogP contribution in [-0.4, -0.2) is 40.3 Å². The van der Waals surface area contributed by atoms with Crippen LogP contribution in [0.2, 0.25) is 0 Å². The molecule has 0 aliphatic rings. The van der Waals surface area contributed by atoms with Crippen molar-refractivity contribution >= 4 is 16.8 Å². The minimum absolute atomic E-state index is 0.185. The molecule has 0 unspecified atom stereocenters. The molecule has 1 aromatic carbocycles. The maximum Gasteiger partial charge on any atom is 0.176 e. The summed E-state index contributed by atoms with van der Waals surface area (Å²) in [6.45, 7) is 11.0. The van der Waals surface area contributed by atoms with E-state index < -0.39 is 0 Å². The third-order valence-corrected chi connectivity index (χ3v) is 3.82. The lowest BCUT2D eigenvalue weighted by molar-refractivity contribution is 0.0930. The van der Waals surface area contributed by atoms with Crippen LogP contribution >= 0.6 is 0 Å². The number of nitrogens with zero attached hydrogens (tertiary/aromatic N) is 2. The lowest BCUT2D eigenvalue weighted by Gasteiger charge is -2.19. The lowest BCUT2D eigenvalue weighted by atomic mass is 10.1. The maximum atomic E-state index is 12.5. The van der Waals surface area contributed by atoms with Gasteiger partial charge in [-0.15, -0.1) is 0 Å². The molecular weight excluding hydrogens is 274 g/mol. The lowest BCUT2D eigenvalue weighted by Crippen LogP contribution is -2.31. The molecule has 0 fully saturated rings. The third kappa shape index (κ3) is 3.95. The van der Waals surface area contributed by atoms with Gasteiger partial charge in [-0.1, -0.05) is 27.7 Å². The number of fused-ring (bicyclic) bond motifs is 1. The van der Waals surface area contributed by atoms with Gasteiger partial charge in [-0.25, -0.2) is 4.98 Å². The molecule has 4 nitrogen and oxygen atoms in total. The molecule has 2 rings (SSSR count). The fourth-order valence-electron chi connectivity index (χ4n) is 2.67. The van der Waals surface area contributed by atoms with Gasteiger partial charge in [0.05, 0.1) is 17.6 Å². The van der Waals surface area contributed by atoms with E-state index in [4.69, 9.17) is 0 Å². The van der Waals surface area contributed by atoms with Crippen LogP contribution in [0.5, 0.6) is 0 Å². The Morgan fingerprint density at radius 2 is 1.91 bits per heavy atom. The Bertz CT molecular complexity index is 624. The molecule has 22 heavy (non-hydrogen) atoms. The molecule has 0 bridgehead atoms. The van der Waals surface area contributed by atoms with E-state index in [0.717, 1.165) is 48.4 Å². The molecule has 0 spiro atoms. The smallest absolute Gasteiger partial charge is 0.176 e. The summed E-state index contributed by atoms with van der Waals surface area (Å²) in [4.78, 5) is 22.6. The normalized spacial score (nSPS) is 11.7. The second kappa shape index (κ2) is 7.54. The highest BCUT2D eigenvalue weighted by Gasteiger charge is 2.13. The quantitative estimate of drug-likeness (QED) is 0.750. The number of carbonyl (C=O) groups is 1. The third-order valence-electron chi connectivity index (χ3n) is 3.82. The number of aromatic amines is 1. The molecule has 120 valence electrons. The fourth-order valence-corrected chi connectivity index (χ4v) is 2.67. The highest BCUT2D eigenvalue weighted by Crippen LogP contribution is 2.18. The van der Waals surface area contributed by atoms with E-state index in [1.807, 2.05) is 18.2 Å². The SMILES string of the molecule is CCCN(CCC)CC(=O)c1ccc2nc(C(C)C)[nH]c2c1. The van der Waals surface area contributed by atoms with E-state index in [2.05, 4.69) is 42.6 Å². The van der Waals surface area contributed by atoms with E-state index >= 15 is 0 Å². The van der Waals surface area contributed by atoms with Gasteiger partial charge in [-0.05, 0) is 44.1 Å². The van der Waals surface area contributed by atoms with Gasteiger partial charge < -0.3 is 4.98 Å². The van der Waals surface area contributed by atoms with Crippen LogP contribution in [0.4, 0.5) is 0 Å². The number of rotatable bonds is 8. The number of aromatic nitrogens is 2. The first-order valence-electron chi connectivity index (χ1n) is 8.30. The van der Waals surface area contributed by atoms with Gasteiger partial charge in [0.25, 0.3) is 0 Å². The summed E-state index contributed by atoms with van der Waals surface area (Å²) in [6, 6.07) is 5.77. The standard InChI is InChI=1S/C18H27N3O/c1-5-9-21(10-6-2)12-17(22)14-7-8-15-16(11-14)20-18(19-15)13(3)4/h7-8,11,13H,5-6,9-10,12H2,1-4H3,(H,19,20). The molecule has 0 saturated heterocycles. The summed E-state index contributed by atoms with van der Waals surface area (Å²) in [6.07, 6.45) is 2.15. The van der Waals surface area contributed by atoms with Crippen molar-refractivity contribution in [1.29, 1.82) is 0 Å². The average molecular weight is 301 g/mol. The van der Waals surface area contributed by atoms with E-state index in [1.54, 1.807) is 0 Å².